The van der Waals surface area contributed by atoms with E-state index >= 15 is 0 Å². The fourth-order valence-electron chi connectivity index (χ4n) is 2.28. The Kier molecular flexibility index (Phi) is 3.93. The summed E-state index contributed by atoms with van der Waals surface area (Å²) in [4.78, 5) is 14.2. The van der Waals surface area contributed by atoms with Crippen molar-refractivity contribution >= 4 is 32.7 Å². The average molecular weight is 363 g/mol. The molecule has 0 aliphatic carbocycles. The lowest BCUT2D eigenvalue weighted by Crippen LogP contribution is -2.28. The number of H-pyrrole nitrogens is 1. The number of aromatic nitrogens is 5. The zero-order valence-corrected chi connectivity index (χ0v) is 13.8. The van der Waals surface area contributed by atoms with Crippen LogP contribution < -0.4 is 0 Å². The zero-order valence-electron chi connectivity index (χ0n) is 12.2. The van der Waals surface area contributed by atoms with Crippen molar-refractivity contribution in [2.24, 2.45) is 0 Å². The molecule has 2 aromatic heterocycles. The number of amides is 1. The van der Waals surface area contributed by atoms with E-state index in [2.05, 4.69) is 36.3 Å². The fourth-order valence-corrected chi connectivity index (χ4v) is 2.64. The number of carbonyl (C=O) groups excluding carboxylic acids is 1. The Hall–Kier alpha value is -2.22. The van der Waals surface area contributed by atoms with Crippen LogP contribution in [0.3, 0.4) is 0 Å². The van der Waals surface area contributed by atoms with Gasteiger partial charge in [0.25, 0.3) is 5.91 Å². The number of nitrogens with zero attached hydrogens (tertiary/aromatic N) is 5. The number of benzene rings is 1. The molecule has 0 saturated heterocycles. The summed E-state index contributed by atoms with van der Waals surface area (Å²) in [6, 6.07) is 5.67. The maximum atomic E-state index is 12.6. The molecule has 0 unspecified atom stereocenters. The number of nitrogens with one attached hydrogen (secondary N) is 1. The molecule has 0 saturated carbocycles. The summed E-state index contributed by atoms with van der Waals surface area (Å²) in [6.07, 6.45) is 1.66. The first-order valence-corrected chi connectivity index (χ1v) is 7.65. The van der Waals surface area contributed by atoms with Gasteiger partial charge in [-0.3, -0.25) is 9.89 Å². The van der Waals surface area contributed by atoms with E-state index < -0.39 is 0 Å². The molecule has 114 valence electrons. The highest BCUT2D eigenvalue weighted by Gasteiger charge is 2.20. The van der Waals surface area contributed by atoms with Crippen molar-refractivity contribution in [3.05, 3.63) is 40.5 Å². The fraction of sp³-hybridized carbons (Fsp3) is 0.286. The second kappa shape index (κ2) is 5.88. The van der Waals surface area contributed by atoms with Crippen LogP contribution in [0.5, 0.6) is 0 Å². The highest BCUT2D eigenvalue weighted by atomic mass is 79.9. The van der Waals surface area contributed by atoms with Gasteiger partial charge < -0.3 is 9.47 Å². The number of hydrogen-bond donors (Lipinski definition) is 1. The molecular weight excluding hydrogens is 348 g/mol. The van der Waals surface area contributed by atoms with E-state index in [1.54, 1.807) is 18.3 Å². The molecule has 0 fully saturated rings. The van der Waals surface area contributed by atoms with E-state index in [0.717, 1.165) is 27.7 Å². The molecule has 0 aliphatic heterocycles. The minimum absolute atomic E-state index is 0.157. The highest BCUT2D eigenvalue weighted by molar-refractivity contribution is 9.10. The van der Waals surface area contributed by atoms with Gasteiger partial charge >= 0.3 is 0 Å². The van der Waals surface area contributed by atoms with Gasteiger partial charge in [-0.25, -0.2) is 0 Å². The van der Waals surface area contributed by atoms with Crippen LogP contribution in [0.2, 0.25) is 0 Å². The molecule has 0 radical (unpaired) electrons. The molecule has 22 heavy (non-hydrogen) atoms. The molecule has 3 rings (SSSR count). The smallest absolute Gasteiger partial charge is 0.275 e. The van der Waals surface area contributed by atoms with E-state index in [1.807, 2.05) is 29.7 Å². The molecule has 0 aliphatic rings. The van der Waals surface area contributed by atoms with Crippen LogP contribution in [0.4, 0.5) is 0 Å². The van der Waals surface area contributed by atoms with Crippen LogP contribution in [-0.4, -0.2) is 42.8 Å². The molecule has 3 aromatic rings. The van der Waals surface area contributed by atoms with Gasteiger partial charge in [0.15, 0.2) is 11.5 Å². The lowest BCUT2D eigenvalue weighted by Gasteiger charge is -2.15. The third-order valence-electron chi connectivity index (χ3n) is 3.49. The number of fused-ring (bicyclic) bond motifs is 1. The van der Waals surface area contributed by atoms with Gasteiger partial charge in [-0.15, -0.1) is 10.2 Å². The summed E-state index contributed by atoms with van der Waals surface area (Å²) in [5.41, 5.74) is 1.23. The lowest BCUT2D eigenvalue weighted by atomic mass is 10.2. The maximum absolute atomic E-state index is 12.6. The largest absolute Gasteiger partial charge is 0.333 e. The molecule has 0 bridgehead atoms. The Labute approximate surface area is 135 Å². The first kappa shape index (κ1) is 14.7. The van der Waals surface area contributed by atoms with Gasteiger partial charge in [0.2, 0.25) is 0 Å². The van der Waals surface area contributed by atoms with E-state index in [0.29, 0.717) is 12.2 Å². The van der Waals surface area contributed by atoms with E-state index in [4.69, 9.17) is 0 Å². The van der Waals surface area contributed by atoms with Crippen LogP contribution in [0.25, 0.3) is 10.9 Å². The molecule has 0 atom stereocenters. The number of hydrogen-bond acceptors (Lipinski definition) is 4. The van der Waals surface area contributed by atoms with Crippen LogP contribution in [0, 0.1) is 0 Å². The zero-order chi connectivity index (χ0) is 15.7. The molecule has 1 amide bonds. The molecule has 8 heteroatoms. The van der Waals surface area contributed by atoms with Gasteiger partial charge in [0.05, 0.1) is 12.1 Å². The van der Waals surface area contributed by atoms with Crippen molar-refractivity contribution in [1.82, 2.24) is 29.9 Å². The first-order chi connectivity index (χ1) is 10.6. The number of rotatable bonds is 4. The van der Waals surface area contributed by atoms with E-state index in [9.17, 15) is 4.79 Å². The van der Waals surface area contributed by atoms with Gasteiger partial charge in [-0.05, 0) is 25.1 Å². The van der Waals surface area contributed by atoms with Crippen molar-refractivity contribution in [2.45, 2.75) is 20.0 Å². The number of aryl methyl sites for hydroxylation is 1. The van der Waals surface area contributed by atoms with Crippen molar-refractivity contribution in [3.8, 4) is 0 Å². The third kappa shape index (κ3) is 2.61. The SMILES string of the molecule is CCn1cnnc1CN(C)C(=O)c1n[nH]c2ccc(Br)cc12. The third-order valence-corrected chi connectivity index (χ3v) is 3.98. The predicted octanol–water partition coefficient (Wildman–Crippen LogP) is 2.21. The van der Waals surface area contributed by atoms with Gasteiger partial charge in [0, 0.05) is 23.5 Å². The maximum Gasteiger partial charge on any atom is 0.275 e. The Morgan fingerprint density at radius 1 is 1.45 bits per heavy atom. The summed E-state index contributed by atoms with van der Waals surface area (Å²) < 4.78 is 2.81. The molecule has 1 aromatic carbocycles. The van der Waals surface area contributed by atoms with Crippen LogP contribution in [-0.2, 0) is 13.1 Å². The van der Waals surface area contributed by atoms with E-state index in [1.165, 1.54) is 0 Å². The number of carbonyl (C=O) groups is 1. The van der Waals surface area contributed by atoms with Crippen LogP contribution in [0.1, 0.15) is 23.2 Å². The number of halogens is 1. The normalized spacial score (nSPS) is 11.0. The summed E-state index contributed by atoms with van der Waals surface area (Å²) in [6.45, 7) is 3.16. The van der Waals surface area contributed by atoms with Gasteiger partial charge in [-0.1, -0.05) is 15.9 Å². The second-order valence-electron chi connectivity index (χ2n) is 4.96. The van der Waals surface area contributed by atoms with Crippen molar-refractivity contribution in [1.29, 1.82) is 0 Å². The molecule has 7 nitrogen and oxygen atoms in total. The monoisotopic (exact) mass is 362 g/mol. The van der Waals surface area contributed by atoms with Crippen LogP contribution in [0.15, 0.2) is 29.0 Å². The lowest BCUT2D eigenvalue weighted by molar-refractivity contribution is 0.0776. The quantitative estimate of drug-likeness (QED) is 0.771. The Morgan fingerprint density at radius 2 is 2.27 bits per heavy atom. The minimum Gasteiger partial charge on any atom is -0.333 e. The predicted molar refractivity (Wildman–Crippen MR) is 85.3 cm³/mol. The van der Waals surface area contributed by atoms with Crippen molar-refractivity contribution < 1.29 is 4.79 Å². The first-order valence-electron chi connectivity index (χ1n) is 6.86. The van der Waals surface area contributed by atoms with Gasteiger partial charge in [-0.2, -0.15) is 5.10 Å². The molecule has 2 heterocycles. The molecular formula is C14H15BrN6O. The number of aromatic amines is 1. The van der Waals surface area contributed by atoms with Crippen molar-refractivity contribution in [3.63, 3.8) is 0 Å². The summed E-state index contributed by atoms with van der Waals surface area (Å²) >= 11 is 3.42. The molecule has 1 N–H and O–H groups in total. The summed E-state index contributed by atoms with van der Waals surface area (Å²) in [7, 11) is 1.73. The van der Waals surface area contributed by atoms with Crippen molar-refractivity contribution in [2.75, 3.05) is 7.05 Å². The topological polar surface area (TPSA) is 79.7 Å². The van der Waals surface area contributed by atoms with Gasteiger partial charge in [0.1, 0.15) is 6.33 Å². The molecule has 0 spiro atoms. The average Bonchev–Trinajstić information content (AvgIpc) is 3.12. The Morgan fingerprint density at radius 3 is 3.05 bits per heavy atom. The summed E-state index contributed by atoms with van der Waals surface area (Å²) in [5.74, 6) is 0.592. The van der Waals surface area contributed by atoms with E-state index in [-0.39, 0.29) is 5.91 Å². The highest BCUT2D eigenvalue weighted by Crippen LogP contribution is 2.22. The summed E-state index contributed by atoms with van der Waals surface area (Å²) in [5, 5.41) is 15.8. The second-order valence-corrected chi connectivity index (χ2v) is 5.87. The Balaban J connectivity index is 1.87. The van der Waals surface area contributed by atoms with Crippen LogP contribution >= 0.6 is 15.9 Å². The standard InChI is InChI=1S/C14H15BrN6O/c1-3-21-8-16-18-12(21)7-20(2)14(22)13-10-6-9(15)4-5-11(10)17-19-13/h4-6,8H,3,7H2,1-2H3,(H,17,19). The Bertz CT molecular complexity index is 824. The minimum atomic E-state index is -0.157.